The molecule has 4 heteroatoms. The number of alkyl halides is 1. The van der Waals surface area contributed by atoms with Crippen LogP contribution in [0.3, 0.4) is 0 Å². The molecule has 0 aromatic carbocycles. The van der Waals surface area contributed by atoms with Crippen LogP contribution in [-0.2, 0) is 0 Å². The third-order valence-corrected chi connectivity index (χ3v) is 11.7. The molecule has 0 radical (unpaired) electrons. The van der Waals surface area contributed by atoms with Gasteiger partial charge in [-0.3, -0.25) is 10.1 Å². The monoisotopic (exact) mass is 451 g/mol. The van der Waals surface area contributed by atoms with E-state index in [1.807, 2.05) is 0 Å². The summed E-state index contributed by atoms with van der Waals surface area (Å²) >= 11 is 7.14. The molecule has 4 rings (SSSR count). The van der Waals surface area contributed by atoms with Crippen LogP contribution in [0.5, 0.6) is 0 Å². The molecule has 0 aliphatic heterocycles. The molecule has 0 saturated heterocycles. The zero-order valence-corrected chi connectivity index (χ0v) is 21.4. The first kappa shape index (κ1) is 23.8. The highest BCUT2D eigenvalue weighted by molar-refractivity contribution is 6.23. The summed E-state index contributed by atoms with van der Waals surface area (Å²) in [6.45, 7) is 12.1. The lowest BCUT2D eigenvalue weighted by Crippen LogP contribution is -2.63. The van der Waals surface area contributed by atoms with E-state index in [2.05, 4.69) is 34.6 Å². The number of hydrogen-bond acceptors (Lipinski definition) is 2. The summed E-state index contributed by atoms with van der Waals surface area (Å²) in [5.74, 6) is 3.53. The summed E-state index contributed by atoms with van der Waals surface area (Å²) in [6.07, 6.45) is 14.2. The molecule has 0 N–H and O–H groups in total. The molecule has 4 aliphatic carbocycles. The van der Waals surface area contributed by atoms with Gasteiger partial charge in [0, 0.05) is 11.3 Å². The highest BCUT2D eigenvalue weighted by Crippen LogP contribution is 2.71. The number of hydrogen-bond donors (Lipinski definition) is 0. The van der Waals surface area contributed by atoms with Gasteiger partial charge in [0.15, 0.2) is 0 Å². The molecule has 4 saturated carbocycles. The molecular formula is C27H46ClNO2. The number of nitrogens with zero attached hydrogens (tertiary/aromatic N) is 1. The van der Waals surface area contributed by atoms with Gasteiger partial charge in [0.05, 0.1) is 5.92 Å². The topological polar surface area (TPSA) is 43.1 Å². The zero-order valence-electron chi connectivity index (χ0n) is 20.7. The van der Waals surface area contributed by atoms with E-state index in [-0.39, 0.29) is 21.7 Å². The smallest absolute Gasteiger partial charge is 0.263 e. The molecule has 4 aliphatic rings. The van der Waals surface area contributed by atoms with Gasteiger partial charge < -0.3 is 0 Å². The average molecular weight is 452 g/mol. The van der Waals surface area contributed by atoms with Gasteiger partial charge in [0.25, 0.3) is 5.00 Å². The molecule has 178 valence electrons. The third kappa shape index (κ3) is 3.77. The number of fused-ring (bicyclic) bond motifs is 5. The lowest BCUT2D eigenvalue weighted by atomic mass is 9.43. The van der Waals surface area contributed by atoms with E-state index in [0.29, 0.717) is 36.0 Å². The van der Waals surface area contributed by atoms with Crippen LogP contribution in [0.2, 0.25) is 0 Å². The van der Waals surface area contributed by atoms with Crippen LogP contribution in [-0.4, -0.2) is 9.92 Å². The third-order valence-electron chi connectivity index (χ3n) is 11.1. The molecule has 4 fully saturated rings. The Labute approximate surface area is 195 Å². The van der Waals surface area contributed by atoms with Crippen molar-refractivity contribution in [3.63, 3.8) is 0 Å². The molecule has 0 unspecified atom stereocenters. The van der Waals surface area contributed by atoms with Crippen LogP contribution in [0.25, 0.3) is 0 Å². The van der Waals surface area contributed by atoms with Crippen molar-refractivity contribution in [1.82, 2.24) is 0 Å². The van der Waals surface area contributed by atoms with Crippen molar-refractivity contribution in [2.24, 2.45) is 52.3 Å². The molecule has 0 spiro atoms. The minimum Gasteiger partial charge on any atom is -0.263 e. The number of rotatable bonds is 6. The van der Waals surface area contributed by atoms with Crippen LogP contribution < -0.4 is 0 Å². The Morgan fingerprint density at radius 1 is 0.968 bits per heavy atom. The molecule has 0 aromatic heterocycles. The Bertz CT molecular complexity index is 682. The van der Waals surface area contributed by atoms with Crippen molar-refractivity contribution in [3.05, 3.63) is 10.1 Å². The first-order chi connectivity index (χ1) is 14.5. The van der Waals surface area contributed by atoms with Crippen molar-refractivity contribution < 1.29 is 4.92 Å². The fourth-order valence-electron chi connectivity index (χ4n) is 9.45. The summed E-state index contributed by atoms with van der Waals surface area (Å²) < 4.78 is 0. The Kier molecular flexibility index (Phi) is 6.52. The second-order valence-electron chi connectivity index (χ2n) is 13.0. The first-order valence-corrected chi connectivity index (χ1v) is 13.7. The van der Waals surface area contributed by atoms with Gasteiger partial charge in [-0.15, -0.1) is 0 Å². The van der Waals surface area contributed by atoms with Crippen molar-refractivity contribution in [1.29, 1.82) is 0 Å². The van der Waals surface area contributed by atoms with E-state index in [1.165, 1.54) is 51.4 Å². The lowest BCUT2D eigenvalue weighted by Gasteiger charge is -2.62. The van der Waals surface area contributed by atoms with Crippen LogP contribution >= 0.6 is 11.6 Å². The summed E-state index contributed by atoms with van der Waals surface area (Å²) in [6, 6.07) is 0. The maximum atomic E-state index is 12.5. The normalized spacial score (nSPS) is 48.0. The molecule has 0 aromatic rings. The SMILES string of the molecule is CC(C)CCC[C@@H](C)[C@@H]1CC[C@@H]2[C@@H]3[C@H](CC[C@@]21C)[C@]1(C)CCCC[C@@H]1C[C@]3(Cl)[N+](=O)[O-]. The predicted molar refractivity (Wildman–Crippen MR) is 129 cm³/mol. The maximum absolute atomic E-state index is 12.5. The van der Waals surface area contributed by atoms with Crippen LogP contribution in [0.1, 0.15) is 112 Å². The van der Waals surface area contributed by atoms with Gasteiger partial charge in [-0.2, -0.15) is 0 Å². The van der Waals surface area contributed by atoms with E-state index in [4.69, 9.17) is 11.6 Å². The standard InChI is InChI=1S/C27H46ClNO2/c1-18(2)9-8-10-19(3)21-12-13-22-24-23(14-16-26(21,22)5)25(4)15-7-6-11-20(25)17-27(24,28)29(30)31/h18-24H,6-17H2,1-5H3/t19-,20-,21+,22-,23+,24-,25-,26-,27+/m1/s1. The van der Waals surface area contributed by atoms with Gasteiger partial charge in [-0.1, -0.05) is 66.7 Å². The van der Waals surface area contributed by atoms with E-state index in [0.717, 1.165) is 25.2 Å². The molecule has 3 nitrogen and oxygen atoms in total. The van der Waals surface area contributed by atoms with Crippen LogP contribution in [0, 0.1) is 62.4 Å². The van der Waals surface area contributed by atoms with Crippen molar-refractivity contribution in [2.75, 3.05) is 0 Å². The Morgan fingerprint density at radius 2 is 1.68 bits per heavy atom. The Morgan fingerprint density at radius 3 is 2.35 bits per heavy atom. The van der Waals surface area contributed by atoms with Crippen LogP contribution in [0.15, 0.2) is 0 Å². The predicted octanol–water partition coefficient (Wildman–Crippen LogP) is 8.32. The molecule has 9 atom stereocenters. The minimum atomic E-state index is -1.24. The van der Waals surface area contributed by atoms with Crippen molar-refractivity contribution in [3.8, 4) is 0 Å². The van der Waals surface area contributed by atoms with Gasteiger partial charge in [-0.05, 0) is 96.5 Å². The van der Waals surface area contributed by atoms with E-state index < -0.39 is 5.00 Å². The van der Waals surface area contributed by atoms with Crippen molar-refractivity contribution in [2.45, 2.75) is 117 Å². The Hall–Kier alpha value is -0.310. The number of nitro groups is 1. The van der Waals surface area contributed by atoms with Gasteiger partial charge >= 0.3 is 0 Å². The van der Waals surface area contributed by atoms with E-state index >= 15 is 0 Å². The summed E-state index contributed by atoms with van der Waals surface area (Å²) in [5, 5.41) is 12.5. The van der Waals surface area contributed by atoms with Gasteiger partial charge in [0.1, 0.15) is 0 Å². The van der Waals surface area contributed by atoms with E-state index in [1.54, 1.807) is 0 Å². The number of halogens is 1. The lowest BCUT2D eigenvalue weighted by molar-refractivity contribution is -0.568. The highest BCUT2D eigenvalue weighted by atomic mass is 35.5. The molecular weight excluding hydrogens is 406 g/mol. The summed E-state index contributed by atoms with van der Waals surface area (Å²) in [4.78, 5) is 11.2. The fourth-order valence-corrected chi connectivity index (χ4v) is 9.94. The molecule has 0 bridgehead atoms. The largest absolute Gasteiger partial charge is 0.298 e. The van der Waals surface area contributed by atoms with Gasteiger partial charge in [0.2, 0.25) is 0 Å². The average Bonchev–Trinajstić information content (AvgIpc) is 3.05. The highest BCUT2D eigenvalue weighted by Gasteiger charge is 2.70. The summed E-state index contributed by atoms with van der Waals surface area (Å²) in [7, 11) is 0. The molecule has 0 heterocycles. The van der Waals surface area contributed by atoms with Crippen LogP contribution in [0.4, 0.5) is 0 Å². The second-order valence-corrected chi connectivity index (χ2v) is 13.7. The summed E-state index contributed by atoms with van der Waals surface area (Å²) in [5.41, 5.74) is 0.492. The molecule has 0 amide bonds. The van der Waals surface area contributed by atoms with E-state index in [9.17, 15) is 10.1 Å². The van der Waals surface area contributed by atoms with Gasteiger partial charge in [-0.25, -0.2) is 0 Å². The minimum absolute atomic E-state index is 0.0501. The Balaban J connectivity index is 1.62. The quantitative estimate of drug-likeness (QED) is 0.176. The van der Waals surface area contributed by atoms with Crippen molar-refractivity contribution >= 4 is 11.6 Å². The zero-order chi connectivity index (χ0) is 22.6. The molecule has 31 heavy (non-hydrogen) atoms. The first-order valence-electron chi connectivity index (χ1n) is 13.4. The maximum Gasteiger partial charge on any atom is 0.298 e. The second kappa shape index (κ2) is 8.48. The fraction of sp³-hybridized carbons (Fsp3) is 1.00.